The topological polar surface area (TPSA) is 90.0 Å². The summed E-state index contributed by atoms with van der Waals surface area (Å²) in [5.41, 5.74) is 1.98. The van der Waals surface area contributed by atoms with E-state index in [1.54, 1.807) is 32.5 Å². The molecule has 1 fully saturated rings. The third-order valence-corrected chi connectivity index (χ3v) is 6.07. The van der Waals surface area contributed by atoms with E-state index in [1.165, 1.54) is 0 Å². The summed E-state index contributed by atoms with van der Waals surface area (Å²) in [7, 11) is 3.35. The fraction of sp³-hybridized carbons (Fsp3) is 0.458. The molecule has 4 rings (SSSR count). The summed E-state index contributed by atoms with van der Waals surface area (Å²) in [5.74, 6) is -0.0820. The molecule has 1 aromatic carbocycles. The van der Waals surface area contributed by atoms with Gasteiger partial charge in [-0.15, -0.1) is 0 Å². The maximum Gasteiger partial charge on any atom is 0.238 e. The lowest BCUT2D eigenvalue weighted by atomic mass is 9.84. The summed E-state index contributed by atoms with van der Waals surface area (Å²) in [6, 6.07) is 8.97. The molecule has 0 saturated carbocycles. The van der Waals surface area contributed by atoms with Crippen molar-refractivity contribution in [2.45, 2.75) is 38.5 Å². The first-order chi connectivity index (χ1) is 15.5. The largest absolute Gasteiger partial charge is 0.481 e. The van der Waals surface area contributed by atoms with E-state index < -0.39 is 5.92 Å². The molecule has 2 aliphatic rings. The molecule has 8 nitrogen and oxygen atoms in total. The Hall–Kier alpha value is -2.97. The van der Waals surface area contributed by atoms with Crippen LogP contribution in [0.15, 0.2) is 36.5 Å². The number of ether oxygens (including phenoxy) is 3. The predicted molar refractivity (Wildman–Crippen MR) is 119 cm³/mol. The number of amides is 1. The maximum absolute atomic E-state index is 13.6. The van der Waals surface area contributed by atoms with Gasteiger partial charge in [0.25, 0.3) is 0 Å². The van der Waals surface area contributed by atoms with Gasteiger partial charge in [-0.25, -0.2) is 4.98 Å². The summed E-state index contributed by atoms with van der Waals surface area (Å²) in [5, 5.41) is 3.02. The molecule has 0 aliphatic carbocycles. The van der Waals surface area contributed by atoms with Gasteiger partial charge in [-0.3, -0.25) is 14.9 Å². The number of ketones is 1. The monoisotopic (exact) mass is 439 g/mol. The fourth-order valence-corrected chi connectivity index (χ4v) is 4.23. The Morgan fingerprint density at radius 3 is 2.66 bits per heavy atom. The van der Waals surface area contributed by atoms with Crippen LogP contribution in [0.1, 0.15) is 35.7 Å². The Kier molecular flexibility index (Phi) is 6.72. The number of pyridine rings is 1. The molecule has 3 heterocycles. The highest BCUT2D eigenvalue weighted by Gasteiger charge is 2.42. The quantitative estimate of drug-likeness (QED) is 0.524. The smallest absolute Gasteiger partial charge is 0.238 e. The van der Waals surface area contributed by atoms with Crippen molar-refractivity contribution < 1.29 is 23.8 Å². The lowest BCUT2D eigenvalue weighted by Gasteiger charge is -2.40. The highest BCUT2D eigenvalue weighted by atomic mass is 16.5. The van der Waals surface area contributed by atoms with Gasteiger partial charge in [0.2, 0.25) is 11.8 Å². The number of benzene rings is 1. The van der Waals surface area contributed by atoms with Crippen LogP contribution in [-0.4, -0.2) is 56.3 Å². The summed E-state index contributed by atoms with van der Waals surface area (Å²) >= 11 is 0. The zero-order valence-corrected chi connectivity index (χ0v) is 18.7. The Morgan fingerprint density at radius 2 is 2.00 bits per heavy atom. The SMILES string of the molecule is CNC(C)Oc1ccc2c(c1)C(=O)C(Cc1ccc(OC)nc1)C(=O)N2C1CCOCC1. The Morgan fingerprint density at radius 1 is 1.22 bits per heavy atom. The number of fused-ring (bicyclic) bond motifs is 1. The van der Waals surface area contributed by atoms with Gasteiger partial charge in [0.05, 0.1) is 12.8 Å². The Bertz CT molecular complexity index is 972. The number of anilines is 1. The maximum atomic E-state index is 13.6. The molecular formula is C24H29N3O5. The van der Waals surface area contributed by atoms with E-state index in [0.29, 0.717) is 36.1 Å². The summed E-state index contributed by atoms with van der Waals surface area (Å²) in [6.45, 7) is 3.09. The van der Waals surface area contributed by atoms with Crippen LogP contribution in [0.5, 0.6) is 11.6 Å². The first-order valence-electron chi connectivity index (χ1n) is 10.9. The Balaban J connectivity index is 1.70. The van der Waals surface area contributed by atoms with Gasteiger partial charge in [0.1, 0.15) is 17.9 Å². The van der Waals surface area contributed by atoms with Crippen LogP contribution in [0.4, 0.5) is 5.69 Å². The van der Waals surface area contributed by atoms with Crippen LogP contribution in [-0.2, 0) is 16.0 Å². The van der Waals surface area contributed by atoms with Crippen molar-refractivity contribution in [3.05, 3.63) is 47.7 Å². The van der Waals surface area contributed by atoms with E-state index in [1.807, 2.05) is 30.0 Å². The zero-order valence-electron chi connectivity index (χ0n) is 18.7. The number of hydrogen-bond acceptors (Lipinski definition) is 7. The van der Waals surface area contributed by atoms with E-state index in [4.69, 9.17) is 14.2 Å². The van der Waals surface area contributed by atoms with E-state index in [-0.39, 0.29) is 30.4 Å². The van der Waals surface area contributed by atoms with Crippen molar-refractivity contribution in [1.82, 2.24) is 10.3 Å². The van der Waals surface area contributed by atoms with Crippen molar-refractivity contribution in [2.24, 2.45) is 5.92 Å². The zero-order chi connectivity index (χ0) is 22.7. The number of hydrogen-bond donors (Lipinski definition) is 1. The number of carbonyl (C=O) groups excluding carboxylic acids is 2. The van der Waals surface area contributed by atoms with Gasteiger partial charge in [-0.05, 0) is 57.0 Å². The first-order valence-corrected chi connectivity index (χ1v) is 10.9. The molecule has 0 bridgehead atoms. The van der Waals surface area contributed by atoms with E-state index in [9.17, 15) is 9.59 Å². The number of nitrogens with zero attached hydrogens (tertiary/aromatic N) is 2. The molecular weight excluding hydrogens is 410 g/mol. The lowest BCUT2D eigenvalue weighted by Crippen LogP contribution is -2.52. The number of nitrogens with one attached hydrogen (secondary N) is 1. The number of rotatable bonds is 7. The van der Waals surface area contributed by atoms with Gasteiger partial charge >= 0.3 is 0 Å². The van der Waals surface area contributed by atoms with Crippen molar-refractivity contribution in [2.75, 3.05) is 32.3 Å². The van der Waals surface area contributed by atoms with Gasteiger partial charge in [-0.2, -0.15) is 0 Å². The third-order valence-electron chi connectivity index (χ3n) is 6.07. The van der Waals surface area contributed by atoms with Crippen LogP contribution in [0.25, 0.3) is 0 Å². The van der Waals surface area contributed by atoms with Crippen molar-refractivity contribution in [3.63, 3.8) is 0 Å². The summed E-state index contributed by atoms with van der Waals surface area (Å²) in [6.07, 6.45) is 3.21. The fourth-order valence-electron chi connectivity index (χ4n) is 4.23. The first kappa shape index (κ1) is 22.2. The summed E-state index contributed by atoms with van der Waals surface area (Å²) in [4.78, 5) is 33.1. The van der Waals surface area contributed by atoms with Crippen molar-refractivity contribution in [1.29, 1.82) is 0 Å². The minimum atomic E-state index is -0.808. The van der Waals surface area contributed by atoms with Crippen molar-refractivity contribution >= 4 is 17.4 Å². The number of aromatic nitrogens is 1. The van der Waals surface area contributed by atoms with Gasteiger partial charge in [-0.1, -0.05) is 6.07 Å². The highest BCUT2D eigenvalue weighted by molar-refractivity contribution is 6.22. The molecule has 2 atom stereocenters. The second kappa shape index (κ2) is 9.67. The third kappa shape index (κ3) is 4.47. The average Bonchev–Trinajstić information content (AvgIpc) is 2.83. The second-order valence-electron chi connectivity index (χ2n) is 8.11. The van der Waals surface area contributed by atoms with Gasteiger partial charge < -0.3 is 19.1 Å². The molecule has 2 aromatic rings. The van der Waals surface area contributed by atoms with Crippen LogP contribution in [0.2, 0.25) is 0 Å². The lowest BCUT2D eigenvalue weighted by molar-refractivity contribution is -0.122. The molecule has 0 spiro atoms. The minimum absolute atomic E-state index is 0.00240. The van der Waals surface area contributed by atoms with E-state index in [2.05, 4.69) is 10.3 Å². The van der Waals surface area contributed by atoms with Gasteiger partial charge in [0.15, 0.2) is 5.78 Å². The molecule has 2 unspecified atom stereocenters. The normalized spacial score (nSPS) is 20.1. The molecule has 170 valence electrons. The summed E-state index contributed by atoms with van der Waals surface area (Å²) < 4.78 is 16.5. The molecule has 1 aromatic heterocycles. The average molecular weight is 440 g/mol. The van der Waals surface area contributed by atoms with Crippen LogP contribution in [0, 0.1) is 5.92 Å². The van der Waals surface area contributed by atoms with Crippen LogP contribution >= 0.6 is 0 Å². The number of Topliss-reactive ketones (excluding diaryl/α,β-unsaturated/α-hetero) is 1. The minimum Gasteiger partial charge on any atom is -0.481 e. The number of methoxy groups -OCH3 is 1. The van der Waals surface area contributed by atoms with E-state index in [0.717, 1.165) is 18.4 Å². The number of carbonyl (C=O) groups is 2. The van der Waals surface area contributed by atoms with Crippen LogP contribution < -0.4 is 19.7 Å². The predicted octanol–water partition coefficient (Wildman–Crippen LogP) is 2.60. The highest BCUT2D eigenvalue weighted by Crippen LogP contribution is 2.37. The molecule has 1 saturated heterocycles. The molecule has 8 heteroatoms. The van der Waals surface area contributed by atoms with Gasteiger partial charge in [0, 0.05) is 37.1 Å². The molecule has 2 aliphatic heterocycles. The van der Waals surface area contributed by atoms with E-state index >= 15 is 0 Å². The molecule has 32 heavy (non-hydrogen) atoms. The standard InChI is InChI=1S/C24H29N3O5/c1-15(25-2)32-18-5-6-21-19(13-18)23(28)20(12-16-4-7-22(30-3)26-14-16)24(29)27(21)17-8-10-31-11-9-17/h4-7,13-15,17,20,25H,8-12H2,1-3H3. The van der Waals surface area contributed by atoms with Crippen LogP contribution in [0.3, 0.4) is 0 Å². The second-order valence-corrected chi connectivity index (χ2v) is 8.11. The molecule has 0 radical (unpaired) electrons. The molecule has 1 N–H and O–H groups in total. The Labute approximate surface area is 187 Å². The molecule has 1 amide bonds. The van der Waals surface area contributed by atoms with Crippen molar-refractivity contribution in [3.8, 4) is 11.6 Å².